The molecular formula is C25H29N2OY-. The van der Waals surface area contributed by atoms with Crippen molar-refractivity contribution in [2.45, 2.75) is 63.1 Å². The van der Waals surface area contributed by atoms with E-state index in [-0.39, 0.29) is 50.9 Å². The Hall–Kier alpha value is -1.21. The fourth-order valence-electron chi connectivity index (χ4n) is 4.97. The molecule has 0 spiro atoms. The second-order valence-electron chi connectivity index (χ2n) is 8.27. The van der Waals surface area contributed by atoms with Gasteiger partial charge in [-0.3, -0.25) is 0 Å². The SMILES string of the molecule is [C-]#[N+]C1CCN(c2ccc(C(O)C3CCCC3)cc2)C1CCc1cc[c-]cc1.[Y]. The third-order valence-corrected chi connectivity index (χ3v) is 6.60. The number of aliphatic hydroxyl groups excluding tert-OH is 1. The van der Waals surface area contributed by atoms with Gasteiger partial charge in [0.05, 0.1) is 6.10 Å². The molecule has 4 heteroatoms. The van der Waals surface area contributed by atoms with Gasteiger partial charge in [0.2, 0.25) is 6.04 Å². The summed E-state index contributed by atoms with van der Waals surface area (Å²) in [7, 11) is 0. The molecule has 3 unspecified atom stereocenters. The molecule has 1 radical (unpaired) electrons. The zero-order valence-electron chi connectivity index (χ0n) is 17.0. The van der Waals surface area contributed by atoms with E-state index >= 15 is 0 Å². The normalized spacial score (nSPS) is 22.8. The Morgan fingerprint density at radius 3 is 2.41 bits per heavy atom. The van der Waals surface area contributed by atoms with Crippen molar-refractivity contribution in [3.8, 4) is 0 Å². The number of benzene rings is 2. The van der Waals surface area contributed by atoms with Crippen molar-refractivity contribution in [2.24, 2.45) is 5.92 Å². The summed E-state index contributed by atoms with van der Waals surface area (Å²) in [6.07, 6.45) is 7.34. The number of nitrogens with zero attached hydrogens (tertiary/aromatic N) is 2. The Balaban J connectivity index is 0.00000240. The molecule has 1 saturated carbocycles. The number of hydrogen-bond donors (Lipinski definition) is 1. The van der Waals surface area contributed by atoms with Crippen LogP contribution in [-0.2, 0) is 39.1 Å². The van der Waals surface area contributed by atoms with E-state index in [9.17, 15) is 5.11 Å². The van der Waals surface area contributed by atoms with Gasteiger partial charge in [0, 0.05) is 51.4 Å². The van der Waals surface area contributed by atoms with Crippen molar-refractivity contribution < 1.29 is 37.8 Å². The minimum Gasteiger partial charge on any atom is -0.388 e. The molecule has 2 fully saturated rings. The topological polar surface area (TPSA) is 27.8 Å². The van der Waals surface area contributed by atoms with Crippen LogP contribution in [0.2, 0.25) is 0 Å². The van der Waals surface area contributed by atoms with Crippen molar-refractivity contribution in [3.05, 3.63) is 77.1 Å². The summed E-state index contributed by atoms with van der Waals surface area (Å²) in [5.41, 5.74) is 3.53. The van der Waals surface area contributed by atoms with Gasteiger partial charge in [0.25, 0.3) is 0 Å². The predicted octanol–water partition coefficient (Wildman–Crippen LogP) is 5.21. The maximum Gasteiger partial charge on any atom is 0.245 e. The molecule has 3 atom stereocenters. The fourth-order valence-corrected chi connectivity index (χ4v) is 4.97. The molecule has 0 aromatic heterocycles. The van der Waals surface area contributed by atoms with Gasteiger partial charge in [-0.15, -0.1) is 0 Å². The largest absolute Gasteiger partial charge is 0.388 e. The van der Waals surface area contributed by atoms with Gasteiger partial charge in [-0.1, -0.05) is 25.0 Å². The van der Waals surface area contributed by atoms with Crippen LogP contribution >= 0.6 is 0 Å². The molecule has 0 bridgehead atoms. The quantitative estimate of drug-likeness (QED) is 0.598. The standard InChI is InChI=1S/C25H29N2O.Y/c1-26-23-17-18-27(24(23)16-11-19-7-3-2-4-8-19)22-14-12-21(13-15-22)25(28)20-9-5-6-10-20;/h3-4,7-8,12-15,20,23-25,28H,5-6,9-11,16-18H2;/q-1;. The van der Waals surface area contributed by atoms with E-state index in [0.717, 1.165) is 44.2 Å². The van der Waals surface area contributed by atoms with Crippen LogP contribution < -0.4 is 4.90 Å². The number of aryl methyl sites for hydroxylation is 1. The average Bonchev–Trinajstić information content (AvgIpc) is 3.42. The van der Waals surface area contributed by atoms with Crippen LogP contribution in [0.25, 0.3) is 4.85 Å². The monoisotopic (exact) mass is 462 g/mol. The second kappa shape index (κ2) is 10.7. The molecule has 149 valence electrons. The molecule has 4 rings (SSSR count). The van der Waals surface area contributed by atoms with Crippen molar-refractivity contribution in [1.29, 1.82) is 0 Å². The third-order valence-electron chi connectivity index (χ3n) is 6.60. The molecule has 1 aliphatic heterocycles. The summed E-state index contributed by atoms with van der Waals surface area (Å²) in [4.78, 5) is 6.32. The number of aliphatic hydroxyl groups is 1. The van der Waals surface area contributed by atoms with Gasteiger partial charge in [0.15, 0.2) is 0 Å². The smallest absolute Gasteiger partial charge is 0.245 e. The Morgan fingerprint density at radius 2 is 1.76 bits per heavy atom. The van der Waals surface area contributed by atoms with Crippen molar-refractivity contribution in [3.63, 3.8) is 0 Å². The molecule has 2 aromatic carbocycles. The van der Waals surface area contributed by atoms with E-state index in [4.69, 9.17) is 6.57 Å². The van der Waals surface area contributed by atoms with E-state index in [2.05, 4.69) is 52.2 Å². The minimum atomic E-state index is -0.336. The summed E-state index contributed by atoms with van der Waals surface area (Å²) in [6.45, 7) is 8.55. The van der Waals surface area contributed by atoms with Gasteiger partial charge < -0.3 is 14.9 Å². The second-order valence-corrected chi connectivity index (χ2v) is 8.27. The summed E-state index contributed by atoms with van der Waals surface area (Å²) >= 11 is 0. The number of rotatable bonds is 6. The zero-order valence-corrected chi connectivity index (χ0v) is 19.8. The fraction of sp³-hybridized carbons (Fsp3) is 0.480. The van der Waals surface area contributed by atoms with Crippen molar-refractivity contribution in [2.75, 3.05) is 11.4 Å². The van der Waals surface area contributed by atoms with E-state index in [1.165, 1.54) is 24.1 Å². The predicted molar refractivity (Wildman–Crippen MR) is 113 cm³/mol. The molecule has 1 N–H and O–H groups in total. The van der Waals surface area contributed by atoms with Crippen LogP contribution in [0.3, 0.4) is 0 Å². The van der Waals surface area contributed by atoms with E-state index in [1.54, 1.807) is 0 Å². The maximum absolute atomic E-state index is 10.7. The summed E-state index contributed by atoms with van der Waals surface area (Å²) in [5.74, 6) is 0.417. The summed E-state index contributed by atoms with van der Waals surface area (Å²) in [6, 6.07) is 20.0. The van der Waals surface area contributed by atoms with Crippen LogP contribution in [0.5, 0.6) is 0 Å². The van der Waals surface area contributed by atoms with Gasteiger partial charge in [-0.25, -0.2) is 6.57 Å². The van der Waals surface area contributed by atoms with Crippen LogP contribution in [0, 0.1) is 18.6 Å². The number of hydrogen-bond acceptors (Lipinski definition) is 2. The van der Waals surface area contributed by atoms with E-state index in [0.29, 0.717) is 5.92 Å². The van der Waals surface area contributed by atoms with Crippen molar-refractivity contribution in [1.82, 2.24) is 0 Å². The van der Waals surface area contributed by atoms with Crippen molar-refractivity contribution >= 4 is 5.69 Å². The van der Waals surface area contributed by atoms with Gasteiger partial charge in [-0.2, -0.15) is 35.9 Å². The first kappa shape index (κ1) is 22.5. The van der Waals surface area contributed by atoms with Gasteiger partial charge in [-0.05, 0) is 49.3 Å². The molecule has 1 aliphatic carbocycles. The molecule has 3 nitrogen and oxygen atoms in total. The third kappa shape index (κ3) is 5.29. The van der Waals surface area contributed by atoms with Crippen LogP contribution in [0.15, 0.2) is 48.5 Å². The summed E-state index contributed by atoms with van der Waals surface area (Å²) in [5, 5.41) is 10.7. The molecule has 2 aromatic rings. The van der Waals surface area contributed by atoms with Crippen LogP contribution in [-0.4, -0.2) is 23.7 Å². The molecule has 2 aliphatic rings. The maximum atomic E-state index is 10.7. The Kier molecular flexibility index (Phi) is 8.30. The molecular weight excluding hydrogens is 433 g/mol. The Labute approximate surface area is 200 Å². The van der Waals surface area contributed by atoms with Crippen LogP contribution in [0.4, 0.5) is 5.69 Å². The molecule has 29 heavy (non-hydrogen) atoms. The molecule has 1 saturated heterocycles. The molecule has 0 amide bonds. The minimum absolute atomic E-state index is 0. The Morgan fingerprint density at radius 1 is 1.07 bits per heavy atom. The Bertz CT molecular complexity index is 796. The first-order valence-electron chi connectivity index (χ1n) is 10.6. The average molecular weight is 462 g/mol. The first-order chi connectivity index (χ1) is 13.8. The number of anilines is 1. The molecule has 1 heterocycles. The van der Waals surface area contributed by atoms with Crippen LogP contribution in [0.1, 0.15) is 55.8 Å². The summed E-state index contributed by atoms with van der Waals surface area (Å²) < 4.78 is 0. The first-order valence-corrected chi connectivity index (χ1v) is 10.6. The van der Waals surface area contributed by atoms with E-state index < -0.39 is 0 Å². The van der Waals surface area contributed by atoms with Gasteiger partial charge in [0.1, 0.15) is 6.04 Å². The van der Waals surface area contributed by atoms with E-state index in [1.807, 2.05) is 12.1 Å². The zero-order chi connectivity index (χ0) is 19.3. The van der Waals surface area contributed by atoms with Gasteiger partial charge >= 0.3 is 0 Å².